The number of aromatic amines is 1. The lowest BCUT2D eigenvalue weighted by Gasteiger charge is -2.23. The molecule has 0 saturated heterocycles. The van der Waals surface area contributed by atoms with Crippen molar-refractivity contribution in [3.63, 3.8) is 0 Å². The van der Waals surface area contributed by atoms with Crippen LogP contribution in [-0.4, -0.2) is 36.7 Å². The van der Waals surface area contributed by atoms with Crippen LogP contribution in [0.1, 0.15) is 18.9 Å². The van der Waals surface area contributed by atoms with Gasteiger partial charge in [-0.15, -0.1) is 0 Å². The van der Waals surface area contributed by atoms with Gasteiger partial charge >= 0.3 is 0 Å². The first-order chi connectivity index (χ1) is 11.2. The summed E-state index contributed by atoms with van der Waals surface area (Å²) in [6.45, 7) is 3.70. The van der Waals surface area contributed by atoms with Gasteiger partial charge in [0.2, 0.25) is 0 Å². The normalized spacial score (nSPS) is 17.8. The maximum absolute atomic E-state index is 12.4. The molecule has 0 unspecified atom stereocenters. The van der Waals surface area contributed by atoms with E-state index in [0.29, 0.717) is 24.1 Å². The first-order valence-corrected chi connectivity index (χ1v) is 7.85. The zero-order chi connectivity index (χ0) is 16.4. The number of fused-ring (bicyclic) bond motifs is 1. The van der Waals surface area contributed by atoms with Crippen molar-refractivity contribution < 1.29 is 9.47 Å². The second-order valence-corrected chi connectivity index (χ2v) is 5.75. The molecule has 0 bridgehead atoms. The lowest BCUT2D eigenvalue weighted by atomic mass is 10.1. The largest absolute Gasteiger partial charge is 0.493 e. The molecule has 122 valence electrons. The molecule has 23 heavy (non-hydrogen) atoms. The van der Waals surface area contributed by atoms with Crippen molar-refractivity contribution in [2.75, 3.05) is 20.8 Å². The van der Waals surface area contributed by atoms with Crippen LogP contribution in [0, 0.1) is 0 Å². The van der Waals surface area contributed by atoms with Gasteiger partial charge in [-0.05, 0) is 18.6 Å². The van der Waals surface area contributed by atoms with Crippen molar-refractivity contribution in [1.82, 2.24) is 9.88 Å². The average molecular weight is 314 g/mol. The van der Waals surface area contributed by atoms with Crippen LogP contribution < -0.4 is 15.0 Å². The maximum atomic E-state index is 12.4. The zero-order valence-corrected chi connectivity index (χ0v) is 13.8. The van der Waals surface area contributed by atoms with Gasteiger partial charge in [-0.3, -0.25) is 9.69 Å². The predicted octanol–water partition coefficient (Wildman–Crippen LogP) is 2.70. The average Bonchev–Trinajstić information content (AvgIpc) is 3.01. The van der Waals surface area contributed by atoms with Gasteiger partial charge in [0, 0.05) is 36.1 Å². The second-order valence-electron chi connectivity index (χ2n) is 5.75. The molecule has 1 aromatic heterocycles. The van der Waals surface area contributed by atoms with E-state index >= 15 is 0 Å². The van der Waals surface area contributed by atoms with E-state index in [9.17, 15) is 4.79 Å². The van der Waals surface area contributed by atoms with Gasteiger partial charge in [0.05, 0.1) is 19.7 Å². The van der Waals surface area contributed by atoms with E-state index < -0.39 is 0 Å². The van der Waals surface area contributed by atoms with E-state index in [1.807, 2.05) is 12.1 Å². The van der Waals surface area contributed by atoms with Crippen LogP contribution in [0.25, 0.3) is 10.9 Å². The molecule has 1 aromatic carbocycles. The number of methoxy groups -OCH3 is 2. The highest BCUT2D eigenvalue weighted by molar-refractivity contribution is 5.83. The van der Waals surface area contributed by atoms with E-state index in [-0.39, 0.29) is 5.56 Å². The Balaban J connectivity index is 1.98. The highest BCUT2D eigenvalue weighted by atomic mass is 16.5. The van der Waals surface area contributed by atoms with Crippen LogP contribution >= 0.6 is 0 Å². The molecular weight excluding hydrogens is 292 g/mol. The van der Waals surface area contributed by atoms with Gasteiger partial charge in [-0.1, -0.05) is 19.1 Å². The Bertz CT molecular complexity index is 795. The third kappa shape index (κ3) is 2.97. The first-order valence-electron chi connectivity index (χ1n) is 7.85. The lowest BCUT2D eigenvalue weighted by Crippen LogP contribution is -2.31. The SMILES string of the molecule is CC[C@H]1C=CCN1Cc1cc2cc(OC)c(OC)cc2[nH]c1=O. The summed E-state index contributed by atoms with van der Waals surface area (Å²) >= 11 is 0. The monoisotopic (exact) mass is 314 g/mol. The number of aromatic nitrogens is 1. The summed E-state index contributed by atoms with van der Waals surface area (Å²) in [6.07, 6.45) is 5.42. The predicted molar refractivity (Wildman–Crippen MR) is 91.3 cm³/mol. The number of pyridine rings is 1. The number of ether oxygens (including phenoxy) is 2. The number of hydrogen-bond donors (Lipinski definition) is 1. The molecule has 0 radical (unpaired) electrons. The molecular formula is C18H22N2O3. The van der Waals surface area contributed by atoms with E-state index in [1.165, 1.54) is 0 Å². The molecule has 2 heterocycles. The van der Waals surface area contributed by atoms with Crippen molar-refractivity contribution >= 4 is 10.9 Å². The Morgan fingerprint density at radius 2 is 1.96 bits per heavy atom. The molecule has 0 saturated carbocycles. The van der Waals surface area contributed by atoms with E-state index in [2.05, 4.69) is 29.0 Å². The molecule has 0 spiro atoms. The summed E-state index contributed by atoms with van der Waals surface area (Å²) in [7, 11) is 3.19. The van der Waals surface area contributed by atoms with Crippen LogP contribution in [-0.2, 0) is 6.54 Å². The Hall–Kier alpha value is -2.27. The van der Waals surface area contributed by atoms with Crippen molar-refractivity contribution in [3.8, 4) is 11.5 Å². The van der Waals surface area contributed by atoms with Crippen LogP contribution in [0.4, 0.5) is 0 Å². The molecule has 0 aliphatic carbocycles. The van der Waals surface area contributed by atoms with Crippen molar-refractivity contribution in [2.24, 2.45) is 0 Å². The fourth-order valence-electron chi connectivity index (χ4n) is 3.10. The van der Waals surface area contributed by atoms with E-state index in [1.54, 1.807) is 20.3 Å². The van der Waals surface area contributed by atoms with Gasteiger partial charge in [0.25, 0.3) is 5.56 Å². The third-order valence-corrected chi connectivity index (χ3v) is 4.38. The summed E-state index contributed by atoms with van der Waals surface area (Å²) in [5.74, 6) is 1.27. The highest BCUT2D eigenvalue weighted by Crippen LogP contribution is 2.31. The Kier molecular flexibility index (Phi) is 4.39. The van der Waals surface area contributed by atoms with Crippen LogP contribution in [0.3, 0.4) is 0 Å². The van der Waals surface area contributed by atoms with Gasteiger partial charge in [-0.25, -0.2) is 0 Å². The highest BCUT2D eigenvalue weighted by Gasteiger charge is 2.19. The summed E-state index contributed by atoms with van der Waals surface area (Å²) < 4.78 is 10.6. The molecule has 0 fully saturated rings. The van der Waals surface area contributed by atoms with E-state index in [4.69, 9.17) is 9.47 Å². The fraction of sp³-hybridized carbons (Fsp3) is 0.389. The molecule has 3 rings (SSSR count). The third-order valence-electron chi connectivity index (χ3n) is 4.38. The summed E-state index contributed by atoms with van der Waals surface area (Å²) in [6, 6.07) is 6.05. The topological polar surface area (TPSA) is 54.6 Å². The smallest absolute Gasteiger partial charge is 0.252 e. The fourth-order valence-corrected chi connectivity index (χ4v) is 3.10. The van der Waals surface area contributed by atoms with E-state index in [0.717, 1.165) is 29.4 Å². The molecule has 5 heteroatoms. The van der Waals surface area contributed by atoms with Gasteiger partial charge in [-0.2, -0.15) is 0 Å². The van der Waals surface area contributed by atoms with Gasteiger partial charge in [0.1, 0.15) is 0 Å². The number of H-pyrrole nitrogens is 1. The minimum atomic E-state index is -0.0496. The molecule has 1 N–H and O–H groups in total. The quantitative estimate of drug-likeness (QED) is 0.862. The minimum Gasteiger partial charge on any atom is -0.493 e. The first kappa shape index (κ1) is 15.6. The van der Waals surface area contributed by atoms with Gasteiger partial charge < -0.3 is 14.5 Å². The van der Waals surface area contributed by atoms with Crippen molar-refractivity contribution in [1.29, 1.82) is 0 Å². The minimum absolute atomic E-state index is 0.0496. The number of hydrogen-bond acceptors (Lipinski definition) is 4. The molecule has 5 nitrogen and oxygen atoms in total. The number of nitrogens with zero attached hydrogens (tertiary/aromatic N) is 1. The van der Waals surface area contributed by atoms with Crippen molar-refractivity contribution in [2.45, 2.75) is 25.9 Å². The maximum Gasteiger partial charge on any atom is 0.252 e. The molecule has 0 amide bonds. The van der Waals surface area contributed by atoms with Crippen LogP contribution in [0.5, 0.6) is 11.5 Å². The van der Waals surface area contributed by atoms with Crippen molar-refractivity contribution in [3.05, 3.63) is 46.3 Å². The van der Waals surface area contributed by atoms with Crippen LogP contribution in [0.2, 0.25) is 0 Å². The molecule has 1 aliphatic rings. The molecule has 1 atom stereocenters. The number of nitrogens with one attached hydrogen (secondary N) is 1. The molecule has 1 aliphatic heterocycles. The zero-order valence-electron chi connectivity index (χ0n) is 13.8. The lowest BCUT2D eigenvalue weighted by molar-refractivity contribution is 0.257. The number of benzene rings is 1. The second kappa shape index (κ2) is 6.46. The van der Waals surface area contributed by atoms with Gasteiger partial charge in [0.15, 0.2) is 11.5 Å². The Labute approximate surface area is 135 Å². The molecule has 2 aromatic rings. The summed E-state index contributed by atoms with van der Waals surface area (Å²) in [4.78, 5) is 17.7. The van der Waals surface area contributed by atoms with Crippen LogP contribution in [0.15, 0.2) is 35.1 Å². The number of rotatable bonds is 5. The summed E-state index contributed by atoms with van der Waals surface area (Å²) in [5, 5.41) is 0.942. The summed E-state index contributed by atoms with van der Waals surface area (Å²) in [5.41, 5.74) is 1.47. The standard InChI is InChI=1S/C18H22N2O3/c1-4-14-6-5-7-20(14)11-13-8-12-9-16(22-2)17(23-3)10-15(12)19-18(13)21/h5-6,8-10,14H,4,7,11H2,1-3H3,(H,19,21)/t14-/m0/s1. The Morgan fingerprint density at radius 3 is 2.65 bits per heavy atom. The Morgan fingerprint density at radius 1 is 1.22 bits per heavy atom.